The Balaban J connectivity index is 1.48. The lowest BCUT2D eigenvalue weighted by molar-refractivity contribution is 0.0927. The molecular formula is C17H20N4O4. The average Bonchev–Trinajstić information content (AvgIpc) is 3.05. The molecule has 0 unspecified atom stereocenters. The van der Waals surface area contributed by atoms with Crippen molar-refractivity contribution in [2.24, 2.45) is 10.7 Å². The van der Waals surface area contributed by atoms with Gasteiger partial charge >= 0.3 is 0 Å². The molecule has 8 heteroatoms. The van der Waals surface area contributed by atoms with Gasteiger partial charge in [0, 0.05) is 24.7 Å². The second-order valence-electron chi connectivity index (χ2n) is 5.34. The van der Waals surface area contributed by atoms with Gasteiger partial charge in [0.05, 0.1) is 26.0 Å². The predicted octanol–water partition coefficient (Wildman–Crippen LogP) is 1.60. The molecule has 8 nitrogen and oxygen atoms in total. The summed E-state index contributed by atoms with van der Waals surface area (Å²) in [6.07, 6.45) is 2.30. The van der Waals surface area contributed by atoms with Crippen LogP contribution in [-0.2, 0) is 0 Å². The number of furan rings is 1. The molecule has 0 aliphatic carbocycles. The van der Waals surface area contributed by atoms with Gasteiger partial charge in [0.15, 0.2) is 23.2 Å². The van der Waals surface area contributed by atoms with Crippen LogP contribution < -0.4 is 25.8 Å². The van der Waals surface area contributed by atoms with Crippen LogP contribution in [0.1, 0.15) is 17.0 Å². The molecule has 25 heavy (non-hydrogen) atoms. The van der Waals surface area contributed by atoms with E-state index in [4.69, 9.17) is 19.6 Å². The van der Waals surface area contributed by atoms with Crippen LogP contribution >= 0.6 is 0 Å². The van der Waals surface area contributed by atoms with Gasteiger partial charge in [-0.15, -0.1) is 0 Å². The van der Waals surface area contributed by atoms with Gasteiger partial charge in [-0.3, -0.25) is 9.79 Å². The maximum atomic E-state index is 11.7. The average molecular weight is 344 g/mol. The summed E-state index contributed by atoms with van der Waals surface area (Å²) in [4.78, 5) is 15.8. The van der Waals surface area contributed by atoms with Gasteiger partial charge < -0.3 is 30.3 Å². The Bertz CT molecular complexity index is 743. The van der Waals surface area contributed by atoms with E-state index in [9.17, 15) is 4.79 Å². The summed E-state index contributed by atoms with van der Waals surface area (Å²) in [6.45, 7) is 1.96. The molecule has 132 valence electrons. The highest BCUT2D eigenvalue weighted by Crippen LogP contribution is 2.32. The van der Waals surface area contributed by atoms with Crippen LogP contribution in [0.4, 0.5) is 5.69 Å². The van der Waals surface area contributed by atoms with Crippen molar-refractivity contribution < 1.29 is 18.7 Å². The number of carbonyl (C=O) groups excluding carboxylic acids is 1. The molecule has 0 fully saturated rings. The van der Waals surface area contributed by atoms with E-state index in [1.807, 2.05) is 18.2 Å². The minimum Gasteiger partial charge on any atom is -0.490 e. The summed E-state index contributed by atoms with van der Waals surface area (Å²) < 4.78 is 16.2. The van der Waals surface area contributed by atoms with Crippen molar-refractivity contribution in [3.05, 3.63) is 42.4 Å². The fourth-order valence-electron chi connectivity index (χ4n) is 2.27. The molecule has 0 atom stereocenters. The van der Waals surface area contributed by atoms with Crippen molar-refractivity contribution in [1.29, 1.82) is 0 Å². The number of nitrogens with one attached hydrogen (secondary N) is 2. The number of fused-ring (bicyclic) bond motifs is 1. The number of guanidine groups is 1. The number of hydrogen-bond acceptors (Lipinski definition) is 5. The van der Waals surface area contributed by atoms with Gasteiger partial charge in [-0.2, -0.15) is 0 Å². The highest BCUT2D eigenvalue weighted by molar-refractivity contribution is 5.93. The number of amides is 1. The second kappa shape index (κ2) is 8.09. The summed E-state index contributed by atoms with van der Waals surface area (Å²) in [5, 5.41) is 5.68. The molecule has 2 aromatic rings. The van der Waals surface area contributed by atoms with Gasteiger partial charge in [0.25, 0.3) is 5.91 Å². The summed E-state index contributed by atoms with van der Waals surface area (Å²) in [5.41, 5.74) is 6.61. The van der Waals surface area contributed by atoms with Gasteiger partial charge in [-0.25, -0.2) is 0 Å². The Morgan fingerprint density at radius 3 is 2.84 bits per heavy atom. The molecule has 0 spiro atoms. The van der Waals surface area contributed by atoms with Crippen LogP contribution in [-0.4, -0.2) is 38.2 Å². The molecule has 2 heterocycles. The van der Waals surface area contributed by atoms with Crippen molar-refractivity contribution >= 4 is 17.6 Å². The monoisotopic (exact) mass is 344 g/mol. The zero-order valence-corrected chi connectivity index (χ0v) is 13.7. The molecule has 3 rings (SSSR count). The fraction of sp³-hybridized carbons (Fsp3) is 0.294. The number of benzene rings is 1. The summed E-state index contributed by atoms with van der Waals surface area (Å²) in [6, 6.07) is 8.75. The number of aliphatic imine (C=N–C) groups is 1. The normalized spacial score (nSPS) is 13.8. The molecule has 1 amide bonds. The Hall–Kier alpha value is -3.16. The number of carbonyl (C=O) groups is 1. The van der Waals surface area contributed by atoms with E-state index < -0.39 is 0 Å². The number of ether oxygens (including phenoxy) is 2. The lowest BCUT2D eigenvalue weighted by Gasteiger charge is -2.10. The Morgan fingerprint density at radius 1 is 1.20 bits per heavy atom. The molecule has 0 saturated heterocycles. The van der Waals surface area contributed by atoms with E-state index in [-0.39, 0.29) is 17.6 Å². The maximum Gasteiger partial charge on any atom is 0.287 e. The first kappa shape index (κ1) is 16.7. The molecule has 1 aliphatic rings. The number of nitrogens with two attached hydrogens (primary N) is 1. The van der Waals surface area contributed by atoms with E-state index in [1.54, 1.807) is 12.1 Å². The van der Waals surface area contributed by atoms with Crippen molar-refractivity contribution in [2.75, 3.05) is 31.6 Å². The molecule has 4 N–H and O–H groups in total. The first-order chi connectivity index (χ1) is 12.2. The van der Waals surface area contributed by atoms with Crippen LogP contribution in [0.3, 0.4) is 0 Å². The van der Waals surface area contributed by atoms with Gasteiger partial charge in [-0.05, 0) is 24.3 Å². The Kier molecular flexibility index (Phi) is 5.40. The number of hydrogen-bond donors (Lipinski definition) is 3. The number of anilines is 1. The molecular weight excluding hydrogens is 324 g/mol. The first-order valence-electron chi connectivity index (χ1n) is 8.00. The maximum absolute atomic E-state index is 11.7. The topological polar surface area (TPSA) is 111 Å². The third-order valence-electron chi connectivity index (χ3n) is 3.44. The van der Waals surface area contributed by atoms with Gasteiger partial charge in [0.2, 0.25) is 0 Å². The molecule has 1 aromatic carbocycles. The van der Waals surface area contributed by atoms with Crippen LogP contribution in [0, 0.1) is 0 Å². The van der Waals surface area contributed by atoms with Crippen molar-refractivity contribution in [1.82, 2.24) is 5.32 Å². The third kappa shape index (κ3) is 4.66. The number of rotatable bonds is 5. The number of nitrogens with zero attached hydrogens (tertiary/aromatic N) is 1. The van der Waals surface area contributed by atoms with Crippen molar-refractivity contribution in [2.45, 2.75) is 6.42 Å². The first-order valence-corrected chi connectivity index (χ1v) is 8.00. The highest BCUT2D eigenvalue weighted by Gasteiger charge is 2.11. The SMILES string of the molecule is NC(=NCCNC(=O)c1ccco1)Nc1ccc2c(c1)OCCCO2. The highest BCUT2D eigenvalue weighted by atomic mass is 16.5. The van der Waals surface area contributed by atoms with E-state index >= 15 is 0 Å². The molecule has 1 aromatic heterocycles. The lowest BCUT2D eigenvalue weighted by Crippen LogP contribution is -2.28. The van der Waals surface area contributed by atoms with Crippen LogP contribution in [0.15, 0.2) is 46.0 Å². The second-order valence-corrected chi connectivity index (χ2v) is 5.34. The third-order valence-corrected chi connectivity index (χ3v) is 3.44. The minimum atomic E-state index is -0.283. The Morgan fingerprint density at radius 2 is 2.04 bits per heavy atom. The van der Waals surface area contributed by atoms with Crippen LogP contribution in [0.25, 0.3) is 0 Å². The van der Waals surface area contributed by atoms with Crippen LogP contribution in [0.5, 0.6) is 11.5 Å². The summed E-state index contributed by atoms with van der Waals surface area (Å²) in [7, 11) is 0. The minimum absolute atomic E-state index is 0.252. The molecule has 0 radical (unpaired) electrons. The van der Waals surface area contributed by atoms with E-state index in [0.717, 1.165) is 17.9 Å². The van der Waals surface area contributed by atoms with E-state index in [1.165, 1.54) is 6.26 Å². The smallest absolute Gasteiger partial charge is 0.287 e. The van der Waals surface area contributed by atoms with Crippen molar-refractivity contribution in [3.63, 3.8) is 0 Å². The zero-order chi connectivity index (χ0) is 17.5. The largest absolute Gasteiger partial charge is 0.490 e. The van der Waals surface area contributed by atoms with Crippen molar-refractivity contribution in [3.8, 4) is 11.5 Å². The quantitative estimate of drug-likeness (QED) is 0.432. The van der Waals surface area contributed by atoms with Gasteiger partial charge in [-0.1, -0.05) is 0 Å². The van der Waals surface area contributed by atoms with E-state index in [2.05, 4.69) is 15.6 Å². The zero-order valence-electron chi connectivity index (χ0n) is 13.7. The molecule has 1 aliphatic heterocycles. The lowest BCUT2D eigenvalue weighted by atomic mass is 10.3. The predicted molar refractivity (Wildman–Crippen MR) is 93.2 cm³/mol. The fourth-order valence-corrected chi connectivity index (χ4v) is 2.27. The Labute approximate surface area is 145 Å². The molecule has 0 saturated carbocycles. The van der Waals surface area contributed by atoms with Crippen LogP contribution in [0.2, 0.25) is 0 Å². The van der Waals surface area contributed by atoms with E-state index in [0.29, 0.717) is 32.1 Å². The summed E-state index contributed by atoms with van der Waals surface area (Å²) in [5.74, 6) is 1.64. The summed E-state index contributed by atoms with van der Waals surface area (Å²) >= 11 is 0. The standard InChI is InChI=1S/C17H20N4O4/c18-17(20-7-6-19-16(22)14-3-1-8-24-14)21-12-4-5-13-15(11-12)25-10-2-9-23-13/h1,3-5,8,11H,2,6-7,9-10H2,(H,19,22)(H3,18,20,21). The molecule has 0 bridgehead atoms. The van der Waals surface area contributed by atoms with Gasteiger partial charge in [0.1, 0.15) is 0 Å².